The normalized spacial score (nSPS) is 10.3. The van der Waals surface area contributed by atoms with E-state index in [1.807, 2.05) is 12.3 Å². The molecule has 5 heteroatoms. The van der Waals surface area contributed by atoms with Crippen molar-refractivity contribution in [1.82, 2.24) is 4.98 Å². The highest BCUT2D eigenvalue weighted by Gasteiger charge is 2.13. The fraction of sp³-hybridized carbons (Fsp3) is 0.200. The summed E-state index contributed by atoms with van der Waals surface area (Å²) in [6.07, 6.45) is 1.56. The number of nitrogens with zero attached hydrogens (tertiary/aromatic N) is 1. The first-order valence-electron chi connectivity index (χ1n) is 4.29. The maximum absolute atomic E-state index is 11.2. The summed E-state index contributed by atoms with van der Waals surface area (Å²) in [4.78, 5) is 16.0. The second-order valence-electron chi connectivity index (χ2n) is 2.99. The van der Waals surface area contributed by atoms with Crippen molar-refractivity contribution in [3.05, 3.63) is 27.4 Å². The van der Waals surface area contributed by atoms with Crippen LogP contribution in [0.2, 0.25) is 0 Å². The zero-order valence-corrected chi connectivity index (χ0v) is 9.95. The minimum Gasteiger partial charge on any atom is -0.465 e. The van der Waals surface area contributed by atoms with Gasteiger partial charge in [0.15, 0.2) is 0 Å². The minimum absolute atomic E-state index is 0.327. The van der Waals surface area contributed by atoms with E-state index in [1.165, 1.54) is 24.0 Å². The van der Waals surface area contributed by atoms with E-state index in [2.05, 4.69) is 15.1 Å². The summed E-state index contributed by atoms with van der Waals surface area (Å²) in [5.74, 6) is -0.327. The highest BCUT2D eigenvalue weighted by molar-refractivity contribution is 7.17. The molecule has 78 valence electrons. The second-order valence-corrected chi connectivity index (χ2v) is 4.76. The van der Waals surface area contributed by atoms with Crippen LogP contribution in [0.5, 0.6) is 0 Å². The van der Waals surface area contributed by atoms with Gasteiger partial charge in [-0.1, -0.05) is 0 Å². The van der Waals surface area contributed by atoms with Gasteiger partial charge in [0.2, 0.25) is 0 Å². The summed E-state index contributed by atoms with van der Waals surface area (Å²) in [6, 6.07) is 0. The second kappa shape index (κ2) is 4.12. The van der Waals surface area contributed by atoms with Crippen molar-refractivity contribution in [2.45, 2.75) is 6.92 Å². The number of aromatic nitrogens is 1. The largest absolute Gasteiger partial charge is 0.465 e. The van der Waals surface area contributed by atoms with Crippen LogP contribution < -0.4 is 0 Å². The van der Waals surface area contributed by atoms with Crippen molar-refractivity contribution in [1.29, 1.82) is 0 Å². The smallest absolute Gasteiger partial charge is 0.349 e. The predicted molar refractivity (Wildman–Crippen MR) is 61.5 cm³/mol. The minimum atomic E-state index is -0.327. The van der Waals surface area contributed by atoms with E-state index in [0.29, 0.717) is 4.88 Å². The van der Waals surface area contributed by atoms with E-state index >= 15 is 0 Å². The van der Waals surface area contributed by atoms with Crippen molar-refractivity contribution in [3.63, 3.8) is 0 Å². The van der Waals surface area contributed by atoms with Crippen LogP contribution in [0.4, 0.5) is 0 Å². The van der Waals surface area contributed by atoms with E-state index in [-0.39, 0.29) is 5.97 Å². The van der Waals surface area contributed by atoms with Crippen LogP contribution in [-0.4, -0.2) is 18.1 Å². The van der Waals surface area contributed by atoms with Gasteiger partial charge in [-0.05, 0) is 17.9 Å². The lowest BCUT2D eigenvalue weighted by molar-refractivity contribution is 0.0606. The molecule has 0 radical (unpaired) electrons. The van der Waals surface area contributed by atoms with Crippen LogP contribution in [0, 0.1) is 6.92 Å². The molecule has 0 aliphatic carbocycles. The molecule has 0 unspecified atom stereocenters. The first kappa shape index (κ1) is 10.3. The average Bonchev–Trinajstić information content (AvgIpc) is 2.84. The van der Waals surface area contributed by atoms with Gasteiger partial charge >= 0.3 is 5.97 Å². The fourth-order valence-corrected chi connectivity index (χ4v) is 3.00. The predicted octanol–water partition coefficient (Wildman–Crippen LogP) is 2.97. The summed E-state index contributed by atoms with van der Waals surface area (Å²) in [5.41, 5.74) is 2.28. The molecule has 0 atom stereocenters. The quantitative estimate of drug-likeness (QED) is 0.756. The zero-order chi connectivity index (χ0) is 10.8. The van der Waals surface area contributed by atoms with Crippen molar-refractivity contribution in [3.8, 4) is 10.6 Å². The van der Waals surface area contributed by atoms with Crippen LogP contribution in [0.15, 0.2) is 17.0 Å². The van der Waals surface area contributed by atoms with E-state index in [0.717, 1.165) is 10.6 Å². The summed E-state index contributed by atoms with van der Waals surface area (Å²) in [5, 5.41) is 4.97. The lowest BCUT2D eigenvalue weighted by Crippen LogP contribution is -1.96. The number of aryl methyl sites for hydroxylation is 1. The molecule has 2 rings (SSSR count). The number of esters is 1. The van der Waals surface area contributed by atoms with Crippen molar-refractivity contribution in [2.75, 3.05) is 7.11 Å². The SMILES string of the molecule is COC(=O)c1cnc(-c2cscc2C)s1. The van der Waals surface area contributed by atoms with E-state index in [4.69, 9.17) is 0 Å². The number of carbonyl (C=O) groups excluding carboxylic acids is 1. The average molecular weight is 239 g/mol. The van der Waals surface area contributed by atoms with Gasteiger partial charge in [0.05, 0.1) is 13.3 Å². The molecular weight excluding hydrogens is 230 g/mol. The molecule has 0 N–H and O–H groups in total. The van der Waals surface area contributed by atoms with E-state index < -0.39 is 0 Å². The molecule has 0 aliphatic rings. The van der Waals surface area contributed by atoms with Crippen LogP contribution in [-0.2, 0) is 4.74 Å². The van der Waals surface area contributed by atoms with Crippen molar-refractivity contribution < 1.29 is 9.53 Å². The van der Waals surface area contributed by atoms with Crippen molar-refractivity contribution >= 4 is 28.6 Å². The molecule has 3 nitrogen and oxygen atoms in total. The summed E-state index contributed by atoms with van der Waals surface area (Å²) in [6.45, 7) is 2.03. The molecule has 0 amide bonds. The Morgan fingerprint density at radius 2 is 2.27 bits per heavy atom. The topological polar surface area (TPSA) is 39.2 Å². The molecule has 15 heavy (non-hydrogen) atoms. The van der Waals surface area contributed by atoms with Gasteiger partial charge in [0, 0.05) is 10.9 Å². The lowest BCUT2D eigenvalue weighted by Gasteiger charge is -1.92. The number of thiazole rings is 1. The Morgan fingerprint density at radius 1 is 1.47 bits per heavy atom. The Morgan fingerprint density at radius 3 is 2.87 bits per heavy atom. The molecule has 0 aromatic carbocycles. The fourth-order valence-electron chi connectivity index (χ4n) is 1.17. The highest BCUT2D eigenvalue weighted by atomic mass is 32.1. The molecular formula is C10H9NO2S2. The first-order valence-corrected chi connectivity index (χ1v) is 6.05. The van der Waals surface area contributed by atoms with Gasteiger partial charge in [-0.25, -0.2) is 9.78 Å². The monoisotopic (exact) mass is 239 g/mol. The van der Waals surface area contributed by atoms with E-state index in [1.54, 1.807) is 17.5 Å². The Bertz CT molecular complexity index is 487. The van der Waals surface area contributed by atoms with Gasteiger partial charge in [-0.15, -0.1) is 11.3 Å². The molecule has 2 aromatic heterocycles. The maximum Gasteiger partial charge on any atom is 0.349 e. The summed E-state index contributed by atoms with van der Waals surface area (Å²) in [7, 11) is 1.37. The maximum atomic E-state index is 11.2. The first-order chi connectivity index (χ1) is 7.22. The Kier molecular flexibility index (Phi) is 2.83. The van der Waals surface area contributed by atoms with E-state index in [9.17, 15) is 4.79 Å². The van der Waals surface area contributed by atoms with Gasteiger partial charge < -0.3 is 4.74 Å². The third-order valence-corrected chi connectivity index (χ3v) is 3.85. The highest BCUT2D eigenvalue weighted by Crippen LogP contribution is 2.30. The standard InChI is InChI=1S/C10H9NO2S2/c1-6-4-14-5-7(6)9-11-3-8(15-9)10(12)13-2/h3-5H,1-2H3. The number of rotatable bonds is 2. The van der Waals surface area contributed by atoms with Crippen LogP contribution in [0.1, 0.15) is 15.2 Å². The van der Waals surface area contributed by atoms with Crippen LogP contribution in [0.3, 0.4) is 0 Å². The number of hydrogen-bond donors (Lipinski definition) is 0. The third-order valence-electron chi connectivity index (χ3n) is 1.98. The number of thiophene rings is 1. The molecule has 0 bridgehead atoms. The van der Waals surface area contributed by atoms with Gasteiger partial charge in [0.25, 0.3) is 0 Å². The Hall–Kier alpha value is -1.20. The number of hydrogen-bond acceptors (Lipinski definition) is 5. The molecule has 0 spiro atoms. The Labute approximate surface area is 95.4 Å². The van der Waals surface area contributed by atoms with Gasteiger partial charge in [-0.2, -0.15) is 11.3 Å². The number of carbonyl (C=O) groups is 1. The molecule has 0 aliphatic heterocycles. The Balaban J connectivity index is 2.36. The zero-order valence-electron chi connectivity index (χ0n) is 8.31. The third kappa shape index (κ3) is 1.93. The van der Waals surface area contributed by atoms with Crippen molar-refractivity contribution in [2.24, 2.45) is 0 Å². The summed E-state index contributed by atoms with van der Waals surface area (Å²) < 4.78 is 4.63. The summed E-state index contributed by atoms with van der Waals surface area (Å²) >= 11 is 2.99. The molecule has 2 aromatic rings. The van der Waals surface area contributed by atoms with Crippen LogP contribution in [0.25, 0.3) is 10.6 Å². The molecule has 0 fully saturated rings. The number of ether oxygens (including phenoxy) is 1. The lowest BCUT2D eigenvalue weighted by atomic mass is 10.2. The van der Waals surface area contributed by atoms with Gasteiger partial charge in [-0.3, -0.25) is 0 Å². The number of methoxy groups -OCH3 is 1. The molecule has 0 saturated carbocycles. The molecule has 0 saturated heterocycles. The van der Waals surface area contributed by atoms with Crippen LogP contribution >= 0.6 is 22.7 Å². The van der Waals surface area contributed by atoms with Gasteiger partial charge in [0.1, 0.15) is 9.88 Å². The molecule has 2 heterocycles.